The summed E-state index contributed by atoms with van der Waals surface area (Å²) < 4.78 is 12.0. The van der Waals surface area contributed by atoms with Gasteiger partial charge in [-0.15, -0.1) is 0 Å². The number of carbonyl (C=O) groups is 2. The number of rotatable bonds is 10. The number of carbonyl (C=O) groups excluding carboxylic acids is 2. The lowest BCUT2D eigenvalue weighted by atomic mass is 10.1. The average Bonchev–Trinajstić information content (AvgIpc) is 2.86. The summed E-state index contributed by atoms with van der Waals surface area (Å²) in [5, 5.41) is 0.476. The fraction of sp³-hybridized carbons (Fsp3) is 0.385. The van der Waals surface area contributed by atoms with Crippen molar-refractivity contribution >= 4 is 22.8 Å². The Kier molecular flexibility index (Phi) is 8.40. The molecule has 3 aromatic rings. The third-order valence-corrected chi connectivity index (χ3v) is 5.70. The van der Waals surface area contributed by atoms with Crippen molar-refractivity contribution < 1.29 is 19.1 Å². The van der Waals surface area contributed by atoms with Gasteiger partial charge in [-0.05, 0) is 44.5 Å². The van der Waals surface area contributed by atoms with Crippen LogP contribution in [-0.2, 0) is 14.3 Å². The van der Waals surface area contributed by atoms with E-state index in [0.717, 1.165) is 0 Å². The van der Waals surface area contributed by atoms with Crippen molar-refractivity contribution in [3.8, 4) is 11.4 Å². The van der Waals surface area contributed by atoms with Gasteiger partial charge in [0, 0.05) is 13.0 Å². The summed E-state index contributed by atoms with van der Waals surface area (Å²) in [6.45, 7) is 6.22. The highest BCUT2D eigenvalue weighted by molar-refractivity contribution is 5.82. The number of para-hydroxylation sites is 3. The highest BCUT2D eigenvalue weighted by atomic mass is 16.5. The molecular weight excluding hydrogens is 434 g/mol. The molecule has 0 radical (unpaired) electrons. The van der Waals surface area contributed by atoms with E-state index in [2.05, 4.69) is 0 Å². The Labute approximate surface area is 199 Å². The number of hydrogen-bond acceptors (Lipinski definition) is 6. The molecule has 3 rings (SSSR count). The number of aromatic nitrogens is 2. The Morgan fingerprint density at radius 3 is 2.41 bits per heavy atom. The Bertz CT molecular complexity index is 1220. The first kappa shape index (κ1) is 25.0. The Balaban J connectivity index is 2.16. The minimum absolute atomic E-state index is 0.00404. The molecule has 8 heteroatoms. The summed E-state index contributed by atoms with van der Waals surface area (Å²) >= 11 is 0. The Morgan fingerprint density at radius 1 is 1.03 bits per heavy atom. The summed E-state index contributed by atoms with van der Waals surface area (Å²) in [4.78, 5) is 45.2. The van der Waals surface area contributed by atoms with Crippen LogP contribution in [0.3, 0.4) is 0 Å². The van der Waals surface area contributed by atoms with E-state index in [1.54, 1.807) is 49.3 Å². The van der Waals surface area contributed by atoms with Crippen LogP contribution in [0.4, 0.5) is 0 Å². The van der Waals surface area contributed by atoms with Gasteiger partial charge in [0.05, 0.1) is 42.8 Å². The van der Waals surface area contributed by atoms with Crippen LogP contribution < -0.4 is 10.3 Å². The summed E-state index contributed by atoms with van der Waals surface area (Å²) in [6, 6.07) is 13.9. The molecule has 180 valence electrons. The molecule has 0 aliphatic heterocycles. The zero-order chi connectivity index (χ0) is 24.7. The van der Waals surface area contributed by atoms with E-state index in [0.29, 0.717) is 41.1 Å². The molecule has 34 heavy (non-hydrogen) atoms. The second-order valence-electron chi connectivity index (χ2n) is 7.71. The fourth-order valence-electron chi connectivity index (χ4n) is 4.12. The molecule has 1 heterocycles. The molecule has 1 unspecified atom stereocenters. The van der Waals surface area contributed by atoms with E-state index >= 15 is 0 Å². The first-order valence-corrected chi connectivity index (χ1v) is 11.6. The van der Waals surface area contributed by atoms with Gasteiger partial charge in [-0.1, -0.05) is 31.2 Å². The highest BCUT2D eigenvalue weighted by Crippen LogP contribution is 2.29. The van der Waals surface area contributed by atoms with Crippen LogP contribution in [0, 0.1) is 0 Å². The van der Waals surface area contributed by atoms with Crippen molar-refractivity contribution in [1.29, 1.82) is 0 Å². The number of fused-ring (bicyclic) bond motifs is 1. The second-order valence-corrected chi connectivity index (χ2v) is 7.71. The van der Waals surface area contributed by atoms with Crippen LogP contribution >= 0.6 is 0 Å². The lowest BCUT2D eigenvalue weighted by molar-refractivity contribution is -0.146. The number of amides is 1. The standard InChI is InChI=1S/C26H31N3O5/c1-5-20(28(6-2)23(30)16-17-24(31)34-7-3)25-27-19-13-9-8-12-18(19)26(32)29(25)21-14-10-11-15-22(21)33-4/h8-15,20H,5-7,16-17H2,1-4H3. The van der Waals surface area contributed by atoms with Crippen LogP contribution in [-0.4, -0.2) is 46.6 Å². The van der Waals surface area contributed by atoms with Gasteiger partial charge >= 0.3 is 5.97 Å². The maximum Gasteiger partial charge on any atom is 0.306 e. The number of benzene rings is 2. The normalized spacial score (nSPS) is 11.8. The molecule has 8 nitrogen and oxygen atoms in total. The topological polar surface area (TPSA) is 90.7 Å². The van der Waals surface area contributed by atoms with Crippen molar-refractivity contribution in [2.24, 2.45) is 0 Å². The third kappa shape index (κ3) is 5.11. The van der Waals surface area contributed by atoms with E-state index in [4.69, 9.17) is 14.5 Å². The Hall–Kier alpha value is -3.68. The molecule has 2 aromatic carbocycles. The fourth-order valence-corrected chi connectivity index (χ4v) is 4.12. The van der Waals surface area contributed by atoms with Crippen LogP contribution in [0.5, 0.6) is 5.75 Å². The molecular formula is C26H31N3O5. The minimum Gasteiger partial charge on any atom is -0.495 e. The van der Waals surface area contributed by atoms with Gasteiger partial charge in [0.1, 0.15) is 11.6 Å². The van der Waals surface area contributed by atoms with E-state index in [9.17, 15) is 14.4 Å². The summed E-state index contributed by atoms with van der Waals surface area (Å²) in [6.07, 6.45) is 0.554. The van der Waals surface area contributed by atoms with Gasteiger partial charge in [0.25, 0.3) is 5.56 Å². The minimum atomic E-state index is -0.484. The molecule has 0 saturated carbocycles. The molecule has 0 saturated heterocycles. The van der Waals surface area contributed by atoms with E-state index < -0.39 is 12.0 Å². The van der Waals surface area contributed by atoms with Crippen LogP contribution in [0.1, 0.15) is 51.9 Å². The van der Waals surface area contributed by atoms with Crippen molar-refractivity contribution in [3.05, 3.63) is 64.7 Å². The van der Waals surface area contributed by atoms with E-state index in [1.165, 1.54) is 4.57 Å². The Morgan fingerprint density at radius 2 is 1.74 bits per heavy atom. The van der Waals surface area contributed by atoms with Gasteiger partial charge in [-0.25, -0.2) is 4.98 Å². The van der Waals surface area contributed by atoms with Gasteiger partial charge in [-0.2, -0.15) is 0 Å². The molecule has 0 fully saturated rings. The van der Waals surface area contributed by atoms with Gasteiger partial charge < -0.3 is 14.4 Å². The quantitative estimate of drug-likeness (QED) is 0.420. The summed E-state index contributed by atoms with van der Waals surface area (Å²) in [7, 11) is 1.55. The van der Waals surface area contributed by atoms with Crippen LogP contribution in [0.25, 0.3) is 16.6 Å². The molecule has 0 N–H and O–H groups in total. The number of ether oxygens (including phenoxy) is 2. The molecule has 0 spiro atoms. The van der Waals surface area contributed by atoms with E-state index in [1.807, 2.05) is 32.0 Å². The lowest BCUT2D eigenvalue weighted by Gasteiger charge is -2.31. The monoisotopic (exact) mass is 465 g/mol. The predicted molar refractivity (Wildman–Crippen MR) is 130 cm³/mol. The first-order chi connectivity index (χ1) is 16.5. The summed E-state index contributed by atoms with van der Waals surface area (Å²) in [5.41, 5.74) is 0.873. The molecule has 0 aliphatic carbocycles. The zero-order valence-electron chi connectivity index (χ0n) is 20.1. The molecule has 1 aromatic heterocycles. The maximum absolute atomic E-state index is 13.7. The van der Waals surface area contributed by atoms with Crippen molar-refractivity contribution in [3.63, 3.8) is 0 Å². The second kappa shape index (κ2) is 11.4. The lowest BCUT2D eigenvalue weighted by Crippen LogP contribution is -2.38. The average molecular weight is 466 g/mol. The number of hydrogen-bond donors (Lipinski definition) is 0. The maximum atomic E-state index is 13.7. The van der Waals surface area contributed by atoms with Crippen molar-refractivity contribution in [2.75, 3.05) is 20.3 Å². The molecule has 1 atom stereocenters. The SMILES string of the molecule is CCOC(=O)CCC(=O)N(CC)C(CC)c1nc2ccccc2c(=O)n1-c1ccccc1OC. The molecule has 0 aliphatic rings. The number of esters is 1. The van der Waals surface area contributed by atoms with Crippen LogP contribution in [0.2, 0.25) is 0 Å². The van der Waals surface area contributed by atoms with Gasteiger partial charge in [0.15, 0.2) is 0 Å². The molecule has 1 amide bonds. The first-order valence-electron chi connectivity index (χ1n) is 11.6. The zero-order valence-corrected chi connectivity index (χ0v) is 20.1. The number of methoxy groups -OCH3 is 1. The van der Waals surface area contributed by atoms with E-state index in [-0.39, 0.29) is 30.9 Å². The smallest absolute Gasteiger partial charge is 0.306 e. The van der Waals surface area contributed by atoms with Crippen molar-refractivity contribution in [2.45, 2.75) is 46.1 Å². The third-order valence-electron chi connectivity index (χ3n) is 5.70. The largest absolute Gasteiger partial charge is 0.495 e. The van der Waals surface area contributed by atoms with Crippen molar-refractivity contribution in [1.82, 2.24) is 14.5 Å². The highest BCUT2D eigenvalue weighted by Gasteiger charge is 2.29. The predicted octanol–water partition coefficient (Wildman–Crippen LogP) is 4.04. The van der Waals surface area contributed by atoms with Crippen LogP contribution in [0.15, 0.2) is 53.3 Å². The van der Waals surface area contributed by atoms with Gasteiger partial charge in [0.2, 0.25) is 5.91 Å². The number of nitrogens with zero attached hydrogens (tertiary/aromatic N) is 3. The van der Waals surface area contributed by atoms with Gasteiger partial charge in [-0.3, -0.25) is 19.0 Å². The molecule has 0 bridgehead atoms. The summed E-state index contributed by atoms with van der Waals surface area (Å²) in [5.74, 6) is 0.364.